The third kappa shape index (κ3) is 3.77. The van der Waals surface area contributed by atoms with Crippen molar-refractivity contribution in [1.82, 2.24) is 0 Å². The van der Waals surface area contributed by atoms with Crippen LogP contribution in [0, 0.1) is 5.82 Å². The van der Waals surface area contributed by atoms with Gasteiger partial charge in [-0.1, -0.05) is 66.7 Å². The second-order valence-electron chi connectivity index (χ2n) is 6.45. The number of benzene rings is 4. The van der Waals surface area contributed by atoms with Crippen molar-refractivity contribution in [1.29, 1.82) is 0 Å². The van der Waals surface area contributed by atoms with E-state index in [9.17, 15) is 12.8 Å². The van der Waals surface area contributed by atoms with Gasteiger partial charge in [0.1, 0.15) is 10.7 Å². The quantitative estimate of drug-likeness (QED) is 0.348. The Morgan fingerprint density at radius 1 is 0.533 bits per heavy atom. The SMILES string of the molecule is O=S(=O)(OS(c1ccccc1)(c1ccccc1)c1ccccc1)c1ccccc1F. The van der Waals surface area contributed by atoms with E-state index in [1.54, 1.807) is 0 Å². The minimum Gasteiger partial charge on any atom is -0.205 e. The van der Waals surface area contributed by atoms with E-state index in [0.717, 1.165) is 6.07 Å². The second kappa shape index (κ2) is 8.44. The van der Waals surface area contributed by atoms with Crippen LogP contribution in [0.15, 0.2) is 135 Å². The van der Waals surface area contributed by atoms with Gasteiger partial charge in [-0.3, -0.25) is 0 Å². The Hall–Kier alpha value is -2.93. The molecule has 3 nitrogen and oxygen atoms in total. The summed E-state index contributed by atoms with van der Waals surface area (Å²) in [6.07, 6.45) is 0. The van der Waals surface area contributed by atoms with E-state index in [-0.39, 0.29) is 0 Å². The van der Waals surface area contributed by atoms with Gasteiger partial charge in [-0.25, -0.2) is 8.02 Å². The van der Waals surface area contributed by atoms with Gasteiger partial charge >= 0.3 is 10.1 Å². The molecule has 0 atom stereocenters. The molecule has 0 saturated heterocycles. The smallest absolute Gasteiger partial charge is 0.205 e. The lowest BCUT2D eigenvalue weighted by molar-refractivity contribution is 0.496. The van der Waals surface area contributed by atoms with Crippen molar-refractivity contribution in [2.24, 2.45) is 0 Å². The van der Waals surface area contributed by atoms with Crippen molar-refractivity contribution in [3.8, 4) is 0 Å². The van der Waals surface area contributed by atoms with Crippen LogP contribution in [0.2, 0.25) is 0 Å². The number of rotatable bonds is 6. The van der Waals surface area contributed by atoms with E-state index in [4.69, 9.17) is 3.63 Å². The summed E-state index contributed by atoms with van der Waals surface area (Å²) in [6, 6.07) is 32.9. The summed E-state index contributed by atoms with van der Waals surface area (Å²) in [6.45, 7) is 0. The van der Waals surface area contributed by atoms with Crippen LogP contribution in [0.5, 0.6) is 0 Å². The summed E-state index contributed by atoms with van der Waals surface area (Å²) in [5.74, 6) is -0.847. The van der Waals surface area contributed by atoms with Gasteiger partial charge in [-0.05, 0) is 58.8 Å². The molecule has 0 fully saturated rings. The van der Waals surface area contributed by atoms with Crippen molar-refractivity contribution >= 4 is 20.4 Å². The lowest BCUT2D eigenvalue weighted by Gasteiger charge is -2.39. The third-order valence-electron chi connectivity index (χ3n) is 4.52. The zero-order valence-corrected chi connectivity index (χ0v) is 17.5. The minimum atomic E-state index is -4.43. The van der Waals surface area contributed by atoms with Gasteiger partial charge < -0.3 is 0 Å². The van der Waals surface area contributed by atoms with E-state index < -0.39 is 31.1 Å². The molecule has 0 heterocycles. The molecule has 0 bridgehead atoms. The lowest BCUT2D eigenvalue weighted by Crippen LogP contribution is -2.15. The number of halogens is 1. The molecule has 0 spiro atoms. The first-order chi connectivity index (χ1) is 14.5. The fourth-order valence-electron chi connectivity index (χ4n) is 3.18. The van der Waals surface area contributed by atoms with E-state index in [0.29, 0.717) is 14.7 Å². The molecular formula is C24H19FO3S2. The molecule has 0 saturated carbocycles. The summed E-state index contributed by atoms with van der Waals surface area (Å²) in [4.78, 5) is 1.61. The van der Waals surface area contributed by atoms with Crippen LogP contribution in [0.3, 0.4) is 0 Å². The van der Waals surface area contributed by atoms with Gasteiger partial charge in [0.15, 0.2) is 0 Å². The molecule has 30 heavy (non-hydrogen) atoms. The Kier molecular flexibility index (Phi) is 5.72. The summed E-state index contributed by atoms with van der Waals surface area (Å²) in [5, 5.41) is 0. The summed E-state index contributed by atoms with van der Waals surface area (Å²) in [7, 11) is -7.14. The highest BCUT2D eigenvalue weighted by atomic mass is 32.3. The Balaban J connectivity index is 2.02. The van der Waals surface area contributed by atoms with Crippen LogP contribution >= 0.6 is 10.3 Å². The van der Waals surface area contributed by atoms with Crippen molar-refractivity contribution in [3.05, 3.63) is 121 Å². The van der Waals surface area contributed by atoms with Crippen LogP contribution < -0.4 is 0 Å². The normalized spacial score (nSPS) is 12.4. The molecule has 0 aliphatic rings. The molecule has 4 aromatic carbocycles. The summed E-state index contributed by atoms with van der Waals surface area (Å²) in [5.41, 5.74) is 0. The van der Waals surface area contributed by atoms with E-state index in [1.165, 1.54) is 18.2 Å². The van der Waals surface area contributed by atoms with Crippen molar-refractivity contribution in [2.75, 3.05) is 0 Å². The topological polar surface area (TPSA) is 43.4 Å². The minimum absolute atomic E-state index is 0.482. The molecule has 0 aliphatic carbocycles. The second-order valence-corrected chi connectivity index (χ2v) is 10.9. The Labute approximate surface area is 177 Å². The molecule has 0 unspecified atom stereocenters. The molecule has 152 valence electrons. The fraction of sp³-hybridized carbons (Fsp3) is 0. The van der Waals surface area contributed by atoms with Gasteiger partial charge in [0.25, 0.3) is 0 Å². The zero-order valence-electron chi connectivity index (χ0n) is 15.9. The van der Waals surface area contributed by atoms with Crippen LogP contribution in [-0.4, -0.2) is 8.42 Å². The standard InChI is InChI=1S/C24H19FO3S2/c25-23-18-10-11-19-24(23)30(26,27)28-29(20-12-4-1-5-13-20,21-14-6-2-7-15-21)22-16-8-3-9-17-22/h1-19H. The first-order valence-corrected chi connectivity index (χ1v) is 12.2. The van der Waals surface area contributed by atoms with Gasteiger partial charge in [0, 0.05) is 14.7 Å². The van der Waals surface area contributed by atoms with Crippen LogP contribution in [-0.2, 0) is 13.7 Å². The van der Waals surface area contributed by atoms with Crippen molar-refractivity contribution < 1.29 is 16.4 Å². The largest absolute Gasteiger partial charge is 0.310 e. The predicted molar refractivity (Wildman–Crippen MR) is 116 cm³/mol. The monoisotopic (exact) mass is 438 g/mol. The predicted octanol–water partition coefficient (Wildman–Crippen LogP) is 6.43. The molecule has 0 aliphatic heterocycles. The third-order valence-corrected chi connectivity index (χ3v) is 9.73. The Bertz CT molecular complexity index is 1130. The first kappa shape index (κ1) is 20.3. The highest BCUT2D eigenvalue weighted by Gasteiger charge is 2.38. The van der Waals surface area contributed by atoms with Gasteiger partial charge in [0.05, 0.1) is 0 Å². The maximum atomic E-state index is 14.4. The molecule has 4 aromatic rings. The molecule has 0 aromatic heterocycles. The van der Waals surface area contributed by atoms with Crippen molar-refractivity contribution in [2.45, 2.75) is 19.6 Å². The highest BCUT2D eigenvalue weighted by molar-refractivity contribution is 8.33. The maximum absolute atomic E-state index is 14.4. The Morgan fingerprint density at radius 2 is 0.900 bits per heavy atom. The average molecular weight is 439 g/mol. The van der Waals surface area contributed by atoms with Crippen LogP contribution in [0.4, 0.5) is 4.39 Å². The molecule has 0 N–H and O–H groups in total. The highest BCUT2D eigenvalue weighted by Crippen LogP contribution is 2.70. The fourth-order valence-corrected chi connectivity index (χ4v) is 8.48. The number of hydrogen-bond donors (Lipinski definition) is 0. The first-order valence-electron chi connectivity index (χ1n) is 9.23. The summed E-state index contributed by atoms with van der Waals surface area (Å²) < 4.78 is 47.2. The molecule has 0 amide bonds. The zero-order chi connectivity index (χ0) is 21.0. The van der Waals surface area contributed by atoms with E-state index in [1.807, 2.05) is 91.0 Å². The average Bonchev–Trinajstić information content (AvgIpc) is 2.79. The summed E-state index contributed by atoms with van der Waals surface area (Å²) >= 11 is 0. The lowest BCUT2D eigenvalue weighted by atomic mass is 10.4. The molecular weight excluding hydrogens is 419 g/mol. The van der Waals surface area contributed by atoms with E-state index in [2.05, 4.69) is 0 Å². The molecule has 4 rings (SSSR count). The Morgan fingerprint density at radius 3 is 1.30 bits per heavy atom. The van der Waals surface area contributed by atoms with Crippen LogP contribution in [0.1, 0.15) is 0 Å². The van der Waals surface area contributed by atoms with Gasteiger partial charge in [0.2, 0.25) is 0 Å². The van der Waals surface area contributed by atoms with Crippen molar-refractivity contribution in [3.63, 3.8) is 0 Å². The van der Waals surface area contributed by atoms with Gasteiger partial charge in [-0.2, -0.15) is 8.42 Å². The van der Waals surface area contributed by atoms with E-state index >= 15 is 0 Å². The van der Waals surface area contributed by atoms with Gasteiger partial charge in [-0.15, -0.1) is 0 Å². The van der Waals surface area contributed by atoms with Crippen LogP contribution in [0.25, 0.3) is 0 Å². The molecule has 0 radical (unpaired) electrons. The molecule has 6 heteroatoms. The maximum Gasteiger partial charge on any atom is 0.310 e. The number of hydrogen-bond acceptors (Lipinski definition) is 3.